The summed E-state index contributed by atoms with van der Waals surface area (Å²) in [5.74, 6) is 0.121. The van der Waals surface area contributed by atoms with Gasteiger partial charge in [-0.15, -0.1) is 0 Å². The number of anilines is 1. The summed E-state index contributed by atoms with van der Waals surface area (Å²) in [6, 6.07) is 9.23. The van der Waals surface area contributed by atoms with Crippen molar-refractivity contribution >= 4 is 11.6 Å². The van der Waals surface area contributed by atoms with Crippen LogP contribution in [0.3, 0.4) is 0 Å². The van der Waals surface area contributed by atoms with Gasteiger partial charge in [0.05, 0.1) is 24.3 Å². The predicted octanol–water partition coefficient (Wildman–Crippen LogP) is 1.29. The second-order valence-corrected chi connectivity index (χ2v) is 6.36. The van der Waals surface area contributed by atoms with Gasteiger partial charge in [0.25, 0.3) is 0 Å². The van der Waals surface area contributed by atoms with Gasteiger partial charge in [0.15, 0.2) is 0 Å². The summed E-state index contributed by atoms with van der Waals surface area (Å²) in [7, 11) is 0. The van der Waals surface area contributed by atoms with Gasteiger partial charge >= 0.3 is 0 Å². The molecule has 2 heterocycles. The lowest BCUT2D eigenvalue weighted by molar-refractivity contribution is -0.131. The first-order valence-corrected chi connectivity index (χ1v) is 8.60. The van der Waals surface area contributed by atoms with Gasteiger partial charge in [0, 0.05) is 45.0 Å². The number of carbonyl (C=O) groups is 1. The number of hydrogen-bond donors (Lipinski definition) is 1. The van der Waals surface area contributed by atoms with Gasteiger partial charge in [-0.3, -0.25) is 9.69 Å². The van der Waals surface area contributed by atoms with Crippen molar-refractivity contribution in [2.45, 2.75) is 18.9 Å². The van der Waals surface area contributed by atoms with E-state index in [4.69, 9.17) is 10.00 Å². The zero-order valence-corrected chi connectivity index (χ0v) is 13.9. The molecule has 1 atom stereocenters. The zero-order chi connectivity index (χ0) is 16.8. The Kier molecular flexibility index (Phi) is 5.68. The van der Waals surface area contributed by atoms with Gasteiger partial charge in [-0.1, -0.05) is 0 Å². The van der Waals surface area contributed by atoms with Crippen molar-refractivity contribution in [1.82, 2.24) is 9.80 Å². The van der Waals surface area contributed by atoms with Crippen LogP contribution in [0.5, 0.6) is 0 Å². The SMILES string of the molecule is N#Cc1ccc(NCC(=O)N2CCN(CC3CCCO3)CC2)cc1. The van der Waals surface area contributed by atoms with Crippen LogP contribution in [0.2, 0.25) is 0 Å². The van der Waals surface area contributed by atoms with Crippen LogP contribution >= 0.6 is 0 Å². The quantitative estimate of drug-likeness (QED) is 0.882. The van der Waals surface area contributed by atoms with E-state index >= 15 is 0 Å². The standard InChI is InChI=1S/C18H24N4O2/c19-12-15-3-5-16(6-4-15)20-13-18(23)22-9-7-21(8-10-22)14-17-2-1-11-24-17/h3-6,17,20H,1-2,7-11,13-14H2. The van der Waals surface area contributed by atoms with E-state index < -0.39 is 0 Å². The fraction of sp³-hybridized carbons (Fsp3) is 0.556. The van der Waals surface area contributed by atoms with E-state index in [-0.39, 0.29) is 12.5 Å². The first-order chi connectivity index (χ1) is 11.7. The normalized spacial score (nSPS) is 21.5. The minimum atomic E-state index is 0.121. The third-order valence-electron chi connectivity index (χ3n) is 4.67. The number of nitrogens with one attached hydrogen (secondary N) is 1. The number of hydrogen-bond acceptors (Lipinski definition) is 5. The molecule has 1 N–H and O–H groups in total. The van der Waals surface area contributed by atoms with E-state index in [1.165, 1.54) is 6.42 Å². The fourth-order valence-electron chi connectivity index (χ4n) is 3.21. The highest BCUT2D eigenvalue weighted by molar-refractivity contribution is 5.81. The average molecular weight is 328 g/mol. The van der Waals surface area contributed by atoms with Gasteiger partial charge in [0.1, 0.15) is 0 Å². The highest BCUT2D eigenvalue weighted by Crippen LogP contribution is 2.14. The van der Waals surface area contributed by atoms with Crippen LogP contribution in [0.1, 0.15) is 18.4 Å². The number of nitrogens with zero attached hydrogens (tertiary/aromatic N) is 3. The van der Waals surface area contributed by atoms with Crippen molar-refractivity contribution in [2.75, 3.05) is 51.2 Å². The van der Waals surface area contributed by atoms with Crippen LogP contribution < -0.4 is 5.32 Å². The number of carbonyl (C=O) groups excluding carboxylic acids is 1. The molecule has 1 unspecified atom stereocenters. The molecule has 2 aliphatic rings. The third kappa shape index (κ3) is 4.47. The molecule has 0 bridgehead atoms. The molecule has 2 saturated heterocycles. The van der Waals surface area contributed by atoms with Crippen molar-refractivity contribution in [2.24, 2.45) is 0 Å². The summed E-state index contributed by atoms with van der Waals surface area (Å²) in [6.45, 7) is 5.57. The monoisotopic (exact) mass is 328 g/mol. The summed E-state index contributed by atoms with van der Waals surface area (Å²) in [5.41, 5.74) is 1.48. The largest absolute Gasteiger partial charge is 0.377 e. The minimum Gasteiger partial charge on any atom is -0.377 e. The molecule has 0 spiro atoms. The van der Waals surface area contributed by atoms with Crippen LogP contribution in [0.25, 0.3) is 0 Å². The number of ether oxygens (including phenoxy) is 1. The molecule has 1 aromatic rings. The highest BCUT2D eigenvalue weighted by atomic mass is 16.5. The Balaban J connectivity index is 1.39. The van der Waals surface area contributed by atoms with E-state index in [9.17, 15) is 4.79 Å². The van der Waals surface area contributed by atoms with Crippen LogP contribution in [-0.4, -0.2) is 67.7 Å². The third-order valence-corrected chi connectivity index (χ3v) is 4.67. The smallest absolute Gasteiger partial charge is 0.241 e. The van der Waals surface area contributed by atoms with Crippen LogP contribution in [0.4, 0.5) is 5.69 Å². The minimum absolute atomic E-state index is 0.121. The molecule has 0 aromatic heterocycles. The Hall–Kier alpha value is -2.10. The van der Waals surface area contributed by atoms with Crippen LogP contribution in [0, 0.1) is 11.3 Å². The van der Waals surface area contributed by atoms with Gasteiger partial charge < -0.3 is 15.0 Å². The summed E-state index contributed by atoms with van der Waals surface area (Å²) in [6.07, 6.45) is 2.71. The predicted molar refractivity (Wildman–Crippen MR) is 91.6 cm³/mol. The van der Waals surface area contributed by atoms with Crippen molar-refractivity contribution in [3.8, 4) is 6.07 Å². The van der Waals surface area contributed by atoms with E-state index in [1.807, 2.05) is 17.0 Å². The Labute approximate surface area is 143 Å². The highest BCUT2D eigenvalue weighted by Gasteiger charge is 2.24. The molecule has 3 rings (SSSR count). The van der Waals surface area contributed by atoms with Crippen LogP contribution in [0.15, 0.2) is 24.3 Å². The molecule has 0 radical (unpaired) electrons. The second-order valence-electron chi connectivity index (χ2n) is 6.36. The van der Waals surface area contributed by atoms with E-state index in [1.54, 1.807) is 12.1 Å². The molecule has 2 fully saturated rings. The van der Waals surface area contributed by atoms with E-state index in [2.05, 4.69) is 16.3 Å². The molecule has 0 saturated carbocycles. The van der Waals surface area contributed by atoms with Crippen molar-refractivity contribution in [1.29, 1.82) is 5.26 Å². The molecular weight excluding hydrogens is 304 g/mol. The average Bonchev–Trinajstić information content (AvgIpc) is 3.14. The van der Waals surface area contributed by atoms with Crippen LogP contribution in [-0.2, 0) is 9.53 Å². The second kappa shape index (κ2) is 8.13. The fourth-order valence-corrected chi connectivity index (χ4v) is 3.21. The molecule has 2 aliphatic heterocycles. The molecule has 24 heavy (non-hydrogen) atoms. The Bertz CT molecular complexity index is 582. The summed E-state index contributed by atoms with van der Waals surface area (Å²) < 4.78 is 5.68. The Morgan fingerprint density at radius 3 is 2.62 bits per heavy atom. The number of piperazine rings is 1. The molecule has 6 nitrogen and oxygen atoms in total. The van der Waals surface area contributed by atoms with Gasteiger partial charge in [0.2, 0.25) is 5.91 Å². The van der Waals surface area contributed by atoms with Gasteiger partial charge in [-0.05, 0) is 37.1 Å². The van der Waals surface area contributed by atoms with E-state index in [0.29, 0.717) is 11.7 Å². The molecule has 1 amide bonds. The number of benzene rings is 1. The molecule has 6 heteroatoms. The first kappa shape index (κ1) is 16.7. The zero-order valence-electron chi connectivity index (χ0n) is 13.9. The maximum absolute atomic E-state index is 12.3. The van der Waals surface area contributed by atoms with Gasteiger partial charge in [-0.2, -0.15) is 5.26 Å². The van der Waals surface area contributed by atoms with Crippen molar-refractivity contribution in [3.63, 3.8) is 0 Å². The first-order valence-electron chi connectivity index (χ1n) is 8.60. The Morgan fingerprint density at radius 1 is 1.25 bits per heavy atom. The molecular formula is C18H24N4O2. The summed E-state index contributed by atoms with van der Waals surface area (Å²) in [5, 5.41) is 11.9. The number of nitriles is 1. The number of rotatable bonds is 5. The maximum atomic E-state index is 12.3. The lowest BCUT2D eigenvalue weighted by Gasteiger charge is -2.35. The van der Waals surface area contributed by atoms with Gasteiger partial charge in [-0.25, -0.2) is 0 Å². The lowest BCUT2D eigenvalue weighted by atomic mass is 10.2. The molecule has 1 aromatic carbocycles. The molecule has 128 valence electrons. The Morgan fingerprint density at radius 2 is 2.00 bits per heavy atom. The summed E-state index contributed by atoms with van der Waals surface area (Å²) >= 11 is 0. The van der Waals surface area contributed by atoms with E-state index in [0.717, 1.165) is 51.4 Å². The van der Waals surface area contributed by atoms with Crippen molar-refractivity contribution in [3.05, 3.63) is 29.8 Å². The van der Waals surface area contributed by atoms with Crippen molar-refractivity contribution < 1.29 is 9.53 Å². The summed E-state index contributed by atoms with van der Waals surface area (Å²) in [4.78, 5) is 16.6. The number of amides is 1. The topological polar surface area (TPSA) is 68.6 Å². The maximum Gasteiger partial charge on any atom is 0.241 e. The lowest BCUT2D eigenvalue weighted by Crippen LogP contribution is -2.51. The molecule has 0 aliphatic carbocycles.